The maximum atomic E-state index is 4.49. The van der Waals surface area contributed by atoms with Crippen LogP contribution in [0.1, 0.15) is 18.3 Å². The minimum Gasteiger partial charge on any atom is -0.359 e. The number of nitrogens with zero attached hydrogens (tertiary/aromatic N) is 2. The smallest absolute Gasteiger partial charge is 0.156 e. The number of aryl methyl sites for hydroxylation is 1. The first-order valence-electron chi connectivity index (χ1n) is 5.57. The van der Waals surface area contributed by atoms with Crippen molar-refractivity contribution in [2.75, 3.05) is 12.3 Å². The van der Waals surface area contributed by atoms with Crippen LogP contribution in [0.3, 0.4) is 0 Å². The van der Waals surface area contributed by atoms with Gasteiger partial charge in [0.05, 0.1) is 12.2 Å². The fraction of sp³-hybridized carbons (Fsp3) is 0.500. The van der Waals surface area contributed by atoms with E-state index in [4.69, 9.17) is 0 Å². The van der Waals surface area contributed by atoms with Crippen LogP contribution in [-0.4, -0.2) is 22.4 Å². The lowest BCUT2D eigenvalue weighted by atomic mass is 10.2. The lowest BCUT2D eigenvalue weighted by molar-refractivity contribution is 0.668. The van der Waals surface area contributed by atoms with Gasteiger partial charge in [0.15, 0.2) is 5.17 Å². The number of nitrogens with one attached hydrogen (secondary N) is 1. The van der Waals surface area contributed by atoms with Gasteiger partial charge in [0, 0.05) is 18.0 Å². The van der Waals surface area contributed by atoms with Crippen LogP contribution in [0.4, 0.5) is 0 Å². The Labute approximate surface area is 101 Å². The molecule has 1 aliphatic heterocycles. The van der Waals surface area contributed by atoms with Crippen LogP contribution in [0.15, 0.2) is 23.2 Å². The highest BCUT2D eigenvalue weighted by Gasteiger charge is 2.11. The average Bonchev–Trinajstić information content (AvgIpc) is 2.28. The maximum absolute atomic E-state index is 4.49. The number of pyridine rings is 1. The normalized spacial score (nSPS) is 20.4. The zero-order chi connectivity index (χ0) is 11.4. The van der Waals surface area contributed by atoms with E-state index in [0.717, 1.165) is 35.4 Å². The third-order valence-electron chi connectivity index (χ3n) is 2.42. The summed E-state index contributed by atoms with van der Waals surface area (Å²) < 4.78 is 0. The molecule has 2 rings (SSSR count). The third-order valence-corrected chi connectivity index (χ3v) is 3.70. The maximum Gasteiger partial charge on any atom is 0.156 e. The Morgan fingerprint density at radius 1 is 1.50 bits per heavy atom. The van der Waals surface area contributed by atoms with Crippen molar-refractivity contribution in [1.29, 1.82) is 0 Å². The van der Waals surface area contributed by atoms with E-state index in [1.165, 1.54) is 0 Å². The van der Waals surface area contributed by atoms with Crippen molar-refractivity contribution < 1.29 is 0 Å². The van der Waals surface area contributed by atoms with Crippen LogP contribution in [0.25, 0.3) is 0 Å². The Bertz CT molecular complexity index is 390. The van der Waals surface area contributed by atoms with Crippen molar-refractivity contribution in [3.05, 3.63) is 29.6 Å². The largest absolute Gasteiger partial charge is 0.359 e. The molecule has 0 bridgehead atoms. The van der Waals surface area contributed by atoms with E-state index in [1.807, 2.05) is 25.1 Å². The van der Waals surface area contributed by atoms with Gasteiger partial charge in [-0.25, -0.2) is 0 Å². The van der Waals surface area contributed by atoms with Crippen LogP contribution in [-0.2, 0) is 6.54 Å². The number of hydrogen-bond donors (Lipinski definition) is 1. The van der Waals surface area contributed by atoms with E-state index in [1.54, 1.807) is 11.8 Å². The summed E-state index contributed by atoms with van der Waals surface area (Å²) in [5.41, 5.74) is 2.13. The molecular formula is C12H17N3S. The molecule has 86 valence electrons. The van der Waals surface area contributed by atoms with Crippen LogP contribution >= 0.6 is 11.8 Å². The van der Waals surface area contributed by atoms with Gasteiger partial charge in [-0.3, -0.25) is 9.98 Å². The zero-order valence-corrected chi connectivity index (χ0v) is 10.5. The van der Waals surface area contributed by atoms with E-state index < -0.39 is 0 Å². The lowest BCUT2D eigenvalue weighted by Gasteiger charge is -2.17. The minimum absolute atomic E-state index is 0.702. The molecule has 0 aliphatic carbocycles. The van der Waals surface area contributed by atoms with Crippen molar-refractivity contribution in [3.63, 3.8) is 0 Å². The Hall–Kier alpha value is -1.03. The van der Waals surface area contributed by atoms with Gasteiger partial charge in [0.1, 0.15) is 0 Å². The summed E-state index contributed by atoms with van der Waals surface area (Å²) in [6.45, 7) is 5.95. The van der Waals surface area contributed by atoms with Gasteiger partial charge < -0.3 is 5.32 Å². The standard InChI is InChI=1S/C12H17N3S/c1-9-6-13-12(16-8-9)14-7-11-5-3-4-10(2)15-11/h3-5,9H,6-8H2,1-2H3,(H,13,14). The van der Waals surface area contributed by atoms with Crippen molar-refractivity contribution in [3.8, 4) is 0 Å². The second kappa shape index (κ2) is 5.34. The summed E-state index contributed by atoms with van der Waals surface area (Å²) in [7, 11) is 0. The van der Waals surface area contributed by atoms with Gasteiger partial charge >= 0.3 is 0 Å². The van der Waals surface area contributed by atoms with E-state index in [2.05, 4.69) is 22.2 Å². The molecule has 1 atom stereocenters. The number of amidine groups is 1. The van der Waals surface area contributed by atoms with E-state index in [0.29, 0.717) is 5.92 Å². The first-order valence-corrected chi connectivity index (χ1v) is 6.56. The van der Waals surface area contributed by atoms with Gasteiger partial charge in [-0.1, -0.05) is 24.8 Å². The molecule has 0 radical (unpaired) electrons. The molecule has 0 spiro atoms. The third kappa shape index (κ3) is 3.23. The van der Waals surface area contributed by atoms with Gasteiger partial charge in [-0.05, 0) is 25.0 Å². The van der Waals surface area contributed by atoms with Crippen LogP contribution < -0.4 is 5.32 Å². The highest BCUT2D eigenvalue weighted by molar-refractivity contribution is 8.13. The molecule has 1 aromatic heterocycles. The molecule has 1 N–H and O–H groups in total. The lowest BCUT2D eigenvalue weighted by Crippen LogP contribution is -2.26. The van der Waals surface area contributed by atoms with Gasteiger partial charge in [-0.2, -0.15) is 0 Å². The van der Waals surface area contributed by atoms with Crippen LogP contribution in [0.2, 0.25) is 0 Å². The van der Waals surface area contributed by atoms with E-state index in [-0.39, 0.29) is 0 Å². The molecule has 2 heterocycles. The van der Waals surface area contributed by atoms with Gasteiger partial charge in [0.25, 0.3) is 0 Å². The van der Waals surface area contributed by atoms with Crippen LogP contribution in [0.5, 0.6) is 0 Å². The van der Waals surface area contributed by atoms with Crippen molar-refractivity contribution in [2.24, 2.45) is 10.9 Å². The number of aliphatic imine (C=N–C) groups is 1. The SMILES string of the molecule is Cc1cccc(CNC2=NCC(C)CS2)n1. The minimum atomic E-state index is 0.702. The summed E-state index contributed by atoms with van der Waals surface area (Å²) in [4.78, 5) is 8.93. The zero-order valence-electron chi connectivity index (χ0n) is 9.73. The van der Waals surface area contributed by atoms with Crippen LogP contribution in [0, 0.1) is 12.8 Å². The molecule has 1 unspecified atom stereocenters. The Morgan fingerprint density at radius 3 is 3.06 bits per heavy atom. The molecule has 0 saturated carbocycles. The topological polar surface area (TPSA) is 37.3 Å². The predicted octanol–water partition coefficient (Wildman–Crippen LogP) is 2.22. The molecule has 0 amide bonds. The monoisotopic (exact) mass is 235 g/mol. The highest BCUT2D eigenvalue weighted by atomic mass is 32.2. The quantitative estimate of drug-likeness (QED) is 0.854. The molecule has 0 saturated heterocycles. The van der Waals surface area contributed by atoms with Gasteiger partial charge in [-0.15, -0.1) is 0 Å². The number of rotatable bonds is 2. The van der Waals surface area contributed by atoms with Crippen molar-refractivity contribution >= 4 is 16.9 Å². The molecule has 3 nitrogen and oxygen atoms in total. The highest BCUT2D eigenvalue weighted by Crippen LogP contribution is 2.15. The molecular weight excluding hydrogens is 218 g/mol. The Kier molecular flexibility index (Phi) is 3.83. The molecule has 16 heavy (non-hydrogen) atoms. The molecule has 1 aromatic rings. The summed E-state index contributed by atoms with van der Waals surface area (Å²) >= 11 is 1.81. The van der Waals surface area contributed by atoms with Crippen molar-refractivity contribution in [2.45, 2.75) is 20.4 Å². The predicted molar refractivity (Wildman–Crippen MR) is 69.7 cm³/mol. The first-order chi connectivity index (χ1) is 7.74. The number of hydrogen-bond acceptors (Lipinski definition) is 4. The van der Waals surface area contributed by atoms with Gasteiger partial charge in [0.2, 0.25) is 0 Å². The fourth-order valence-corrected chi connectivity index (χ4v) is 2.42. The van der Waals surface area contributed by atoms with Crippen molar-refractivity contribution in [1.82, 2.24) is 10.3 Å². The summed E-state index contributed by atoms with van der Waals surface area (Å²) in [6, 6.07) is 6.09. The molecule has 1 aliphatic rings. The fourth-order valence-electron chi connectivity index (χ4n) is 1.53. The summed E-state index contributed by atoms with van der Waals surface area (Å²) in [6.07, 6.45) is 0. The summed E-state index contributed by atoms with van der Waals surface area (Å²) in [5, 5.41) is 4.39. The number of aromatic nitrogens is 1. The average molecular weight is 235 g/mol. The second-order valence-corrected chi connectivity index (χ2v) is 5.19. The Balaban J connectivity index is 1.88. The molecule has 0 aromatic carbocycles. The number of thioether (sulfide) groups is 1. The first kappa shape index (κ1) is 11.5. The Morgan fingerprint density at radius 2 is 2.38 bits per heavy atom. The molecule has 4 heteroatoms. The van der Waals surface area contributed by atoms with E-state index >= 15 is 0 Å². The van der Waals surface area contributed by atoms with E-state index in [9.17, 15) is 0 Å². The second-order valence-electron chi connectivity index (χ2n) is 4.19. The summed E-state index contributed by atoms with van der Waals surface area (Å²) in [5.74, 6) is 1.86. The molecule has 0 fully saturated rings.